The van der Waals surface area contributed by atoms with E-state index in [4.69, 9.17) is 17.3 Å². The summed E-state index contributed by atoms with van der Waals surface area (Å²) in [5.41, 5.74) is 8.04. The normalized spacial score (nSPS) is 11.0. The number of amides is 1. The summed E-state index contributed by atoms with van der Waals surface area (Å²) in [5.74, 6) is 0.664. The minimum Gasteiger partial charge on any atom is -0.382 e. The van der Waals surface area contributed by atoms with Crippen LogP contribution < -0.4 is 15.6 Å². The van der Waals surface area contributed by atoms with Gasteiger partial charge in [0.05, 0.1) is 19.3 Å². The molecule has 2 aromatic heterocycles. The quantitative estimate of drug-likeness (QED) is 0.681. The van der Waals surface area contributed by atoms with Crippen molar-refractivity contribution in [2.75, 3.05) is 5.73 Å². The third-order valence-electron chi connectivity index (χ3n) is 4.11. The van der Waals surface area contributed by atoms with Crippen LogP contribution in [-0.4, -0.2) is 20.4 Å². The molecule has 0 radical (unpaired) electrons. The van der Waals surface area contributed by atoms with Crippen molar-refractivity contribution in [1.82, 2.24) is 19.9 Å². The third kappa shape index (κ3) is 3.15. The van der Waals surface area contributed by atoms with Gasteiger partial charge in [0.1, 0.15) is 11.7 Å². The van der Waals surface area contributed by atoms with Crippen molar-refractivity contribution < 1.29 is 9.36 Å². The number of benzene rings is 1. The Morgan fingerprint density at radius 3 is 2.84 bits per heavy atom. The summed E-state index contributed by atoms with van der Waals surface area (Å²) in [6.07, 6.45) is 1.31. The lowest BCUT2D eigenvalue weighted by atomic mass is 10.3. The largest absolute Gasteiger partial charge is 0.382 e. The van der Waals surface area contributed by atoms with Crippen molar-refractivity contribution >= 4 is 34.4 Å². The first-order valence-electron chi connectivity index (χ1n) is 8.13. The fourth-order valence-electron chi connectivity index (χ4n) is 3.03. The Morgan fingerprint density at radius 2 is 2.12 bits per heavy atom. The second kappa shape index (κ2) is 7.06. The van der Waals surface area contributed by atoms with E-state index in [1.807, 2.05) is 12.1 Å². The lowest BCUT2D eigenvalue weighted by molar-refractivity contribution is -0.676. The number of imidazole rings is 1. The third-order valence-corrected chi connectivity index (χ3v) is 4.29. The van der Waals surface area contributed by atoms with Crippen molar-refractivity contribution in [3.63, 3.8) is 0 Å². The highest BCUT2D eigenvalue weighted by Crippen LogP contribution is 2.15. The number of rotatable bonds is 5. The second-order valence-electron chi connectivity index (χ2n) is 5.50. The van der Waals surface area contributed by atoms with Crippen LogP contribution in [0.2, 0.25) is 5.15 Å². The molecule has 130 valence electrons. The van der Waals surface area contributed by atoms with E-state index in [1.165, 1.54) is 6.20 Å². The van der Waals surface area contributed by atoms with Gasteiger partial charge >= 0.3 is 0 Å². The van der Waals surface area contributed by atoms with Crippen molar-refractivity contribution in [3.05, 3.63) is 47.1 Å². The van der Waals surface area contributed by atoms with E-state index in [-0.39, 0.29) is 16.7 Å². The van der Waals surface area contributed by atoms with Gasteiger partial charge in [-0.3, -0.25) is 4.79 Å². The Balaban J connectivity index is 1.93. The summed E-state index contributed by atoms with van der Waals surface area (Å²) >= 11 is 5.81. The molecular formula is C17H20ClN6O+. The number of carbonyl (C=O) groups excluding carboxylic acids is 1. The first-order chi connectivity index (χ1) is 12.1. The number of para-hydroxylation sites is 2. The molecule has 25 heavy (non-hydrogen) atoms. The molecule has 2 heterocycles. The average molecular weight is 360 g/mol. The summed E-state index contributed by atoms with van der Waals surface area (Å²) in [6, 6.07) is 8.19. The van der Waals surface area contributed by atoms with Crippen LogP contribution in [0.15, 0.2) is 30.5 Å². The predicted molar refractivity (Wildman–Crippen MR) is 96.1 cm³/mol. The molecule has 0 fully saturated rings. The minimum absolute atomic E-state index is 0.0368. The zero-order valence-corrected chi connectivity index (χ0v) is 14.9. The Labute approximate surface area is 150 Å². The first-order valence-corrected chi connectivity index (χ1v) is 8.50. The summed E-state index contributed by atoms with van der Waals surface area (Å²) in [7, 11) is 0. The maximum absolute atomic E-state index is 12.4. The van der Waals surface area contributed by atoms with Crippen LogP contribution in [-0.2, 0) is 19.6 Å². The maximum Gasteiger partial charge on any atom is 0.277 e. The van der Waals surface area contributed by atoms with Gasteiger partial charge < -0.3 is 11.1 Å². The van der Waals surface area contributed by atoms with Gasteiger partial charge in [-0.15, -0.1) is 0 Å². The highest BCUT2D eigenvalue weighted by atomic mass is 35.5. The Morgan fingerprint density at radius 1 is 1.36 bits per heavy atom. The van der Waals surface area contributed by atoms with Crippen molar-refractivity contribution in [2.24, 2.45) is 0 Å². The van der Waals surface area contributed by atoms with Crippen LogP contribution in [0, 0.1) is 0 Å². The van der Waals surface area contributed by atoms with E-state index in [0.29, 0.717) is 6.54 Å². The zero-order chi connectivity index (χ0) is 18.0. The molecule has 0 bridgehead atoms. The number of fused-ring (bicyclic) bond motifs is 1. The summed E-state index contributed by atoms with van der Waals surface area (Å²) in [5, 5.41) is 3.00. The summed E-state index contributed by atoms with van der Waals surface area (Å²) in [6.45, 7) is 6.12. The van der Waals surface area contributed by atoms with Crippen LogP contribution in [0.1, 0.15) is 30.2 Å². The SMILES string of the molecule is CCn1c(CNC(=O)c2nc(Cl)cnc2N)[n+](CC)c2ccccc21. The predicted octanol–water partition coefficient (Wildman–Crippen LogP) is 1.92. The van der Waals surface area contributed by atoms with Gasteiger partial charge in [-0.1, -0.05) is 23.7 Å². The number of nitrogens with one attached hydrogen (secondary N) is 1. The number of carbonyl (C=O) groups is 1. The molecule has 0 saturated carbocycles. The Kier molecular flexibility index (Phi) is 4.85. The van der Waals surface area contributed by atoms with E-state index in [2.05, 4.69) is 50.4 Å². The van der Waals surface area contributed by atoms with E-state index in [9.17, 15) is 4.79 Å². The summed E-state index contributed by atoms with van der Waals surface area (Å²) < 4.78 is 4.37. The van der Waals surface area contributed by atoms with Gasteiger partial charge in [-0.2, -0.15) is 0 Å². The van der Waals surface area contributed by atoms with Gasteiger partial charge in [0.15, 0.2) is 22.5 Å². The zero-order valence-electron chi connectivity index (χ0n) is 14.2. The van der Waals surface area contributed by atoms with Crippen molar-refractivity contribution in [1.29, 1.82) is 0 Å². The van der Waals surface area contributed by atoms with E-state index in [1.54, 1.807) is 0 Å². The number of aryl methyl sites for hydroxylation is 2. The van der Waals surface area contributed by atoms with E-state index >= 15 is 0 Å². The number of hydrogen-bond donors (Lipinski definition) is 2. The van der Waals surface area contributed by atoms with Crippen LogP contribution in [0.5, 0.6) is 0 Å². The highest BCUT2D eigenvalue weighted by Gasteiger charge is 2.24. The van der Waals surface area contributed by atoms with Gasteiger partial charge in [0.25, 0.3) is 11.7 Å². The molecular weight excluding hydrogens is 340 g/mol. The summed E-state index contributed by atoms with van der Waals surface area (Å²) in [4.78, 5) is 20.3. The Bertz CT molecular complexity index is 895. The molecule has 3 N–H and O–H groups in total. The smallest absolute Gasteiger partial charge is 0.277 e. The monoisotopic (exact) mass is 359 g/mol. The molecule has 0 aliphatic rings. The molecule has 1 amide bonds. The molecule has 0 atom stereocenters. The molecule has 0 spiro atoms. The van der Waals surface area contributed by atoms with Gasteiger partial charge in [-0.05, 0) is 26.0 Å². The molecule has 8 heteroatoms. The van der Waals surface area contributed by atoms with Crippen LogP contribution in [0.3, 0.4) is 0 Å². The van der Waals surface area contributed by atoms with Crippen molar-refractivity contribution in [2.45, 2.75) is 33.5 Å². The number of aromatic nitrogens is 4. The molecule has 0 unspecified atom stereocenters. The fraction of sp³-hybridized carbons (Fsp3) is 0.294. The number of nitrogen functional groups attached to an aromatic ring is 1. The van der Waals surface area contributed by atoms with Gasteiger partial charge in [0.2, 0.25) is 0 Å². The molecule has 1 aromatic carbocycles. The number of hydrogen-bond acceptors (Lipinski definition) is 4. The van der Waals surface area contributed by atoms with Crippen LogP contribution in [0.25, 0.3) is 11.0 Å². The van der Waals surface area contributed by atoms with Gasteiger partial charge in [0, 0.05) is 0 Å². The number of halogens is 1. The highest BCUT2D eigenvalue weighted by molar-refractivity contribution is 6.29. The topological polar surface area (TPSA) is 89.7 Å². The van der Waals surface area contributed by atoms with E-state index in [0.717, 1.165) is 29.9 Å². The van der Waals surface area contributed by atoms with Crippen molar-refractivity contribution in [3.8, 4) is 0 Å². The molecule has 0 aliphatic heterocycles. The fourth-order valence-corrected chi connectivity index (χ4v) is 3.16. The standard InChI is InChI=1S/C17H19ClN6O/c1-3-23-11-7-5-6-8-12(11)24(4-2)14(23)10-21-17(25)15-16(19)20-9-13(18)22-15/h5-9H,3-4,10H2,1-2H3,(H2-,19,20,21,25)/p+1. The molecule has 0 aliphatic carbocycles. The Hall–Kier alpha value is -2.67. The molecule has 3 rings (SSSR count). The minimum atomic E-state index is -0.400. The average Bonchev–Trinajstić information content (AvgIpc) is 2.94. The lowest BCUT2D eigenvalue weighted by Crippen LogP contribution is -2.40. The molecule has 3 aromatic rings. The van der Waals surface area contributed by atoms with Crippen LogP contribution >= 0.6 is 11.6 Å². The number of anilines is 1. The van der Waals surface area contributed by atoms with Crippen LogP contribution in [0.4, 0.5) is 5.82 Å². The molecule has 0 saturated heterocycles. The van der Waals surface area contributed by atoms with Gasteiger partial charge in [-0.25, -0.2) is 19.1 Å². The van der Waals surface area contributed by atoms with E-state index < -0.39 is 5.91 Å². The molecule has 7 nitrogen and oxygen atoms in total. The number of nitrogens with two attached hydrogens (primary N) is 1. The number of nitrogens with zero attached hydrogens (tertiary/aromatic N) is 4. The maximum atomic E-state index is 12.4. The second-order valence-corrected chi connectivity index (χ2v) is 5.89. The first kappa shape index (κ1) is 17.2. The lowest BCUT2D eigenvalue weighted by Gasteiger charge is -2.07.